The molecule has 0 amide bonds. The van der Waals surface area contributed by atoms with Crippen LogP contribution in [0.4, 0.5) is 10.1 Å². The Kier molecular flexibility index (Phi) is 9.84. The minimum absolute atomic E-state index is 0. The van der Waals surface area contributed by atoms with Crippen LogP contribution in [0.1, 0.15) is 36.6 Å². The number of benzene rings is 2. The van der Waals surface area contributed by atoms with Crippen molar-refractivity contribution in [2.45, 2.75) is 33.4 Å². The van der Waals surface area contributed by atoms with E-state index in [0.717, 1.165) is 17.4 Å². The molecule has 0 saturated carbocycles. The molecular formula is C20H28FIN4O2S. The summed E-state index contributed by atoms with van der Waals surface area (Å²) in [5, 5.41) is 6.41. The zero-order chi connectivity index (χ0) is 20.7. The molecule has 0 bridgehead atoms. The maximum atomic E-state index is 13.8. The van der Waals surface area contributed by atoms with Crippen LogP contribution >= 0.6 is 24.0 Å². The third-order valence-corrected chi connectivity index (χ3v) is 4.70. The maximum Gasteiger partial charge on any atom is 0.229 e. The number of hydrogen-bond acceptors (Lipinski definition) is 3. The van der Waals surface area contributed by atoms with Crippen molar-refractivity contribution in [2.24, 2.45) is 4.99 Å². The predicted octanol–water partition coefficient (Wildman–Crippen LogP) is 3.94. The molecule has 0 fully saturated rings. The number of aliphatic imine (C=N–C) groups is 1. The molecule has 0 aliphatic rings. The number of rotatable bonds is 7. The lowest BCUT2D eigenvalue weighted by Gasteiger charge is -2.19. The molecule has 0 heterocycles. The summed E-state index contributed by atoms with van der Waals surface area (Å²) in [7, 11) is -3.38. The summed E-state index contributed by atoms with van der Waals surface area (Å²) in [6.45, 7) is 6.54. The molecule has 2 rings (SSSR count). The number of aryl methyl sites for hydroxylation is 1. The fraction of sp³-hybridized carbons (Fsp3) is 0.350. The highest BCUT2D eigenvalue weighted by Crippen LogP contribution is 2.18. The third-order valence-electron chi connectivity index (χ3n) is 4.11. The van der Waals surface area contributed by atoms with Crippen LogP contribution in [-0.2, 0) is 16.6 Å². The van der Waals surface area contributed by atoms with E-state index < -0.39 is 10.0 Å². The number of guanidine groups is 1. The first-order valence-corrected chi connectivity index (χ1v) is 11.0. The molecule has 0 aliphatic carbocycles. The van der Waals surface area contributed by atoms with Crippen molar-refractivity contribution >= 4 is 45.6 Å². The van der Waals surface area contributed by atoms with Gasteiger partial charge in [0.25, 0.3) is 0 Å². The van der Waals surface area contributed by atoms with E-state index in [0.29, 0.717) is 23.8 Å². The molecule has 29 heavy (non-hydrogen) atoms. The van der Waals surface area contributed by atoms with Crippen LogP contribution in [-0.4, -0.2) is 27.2 Å². The summed E-state index contributed by atoms with van der Waals surface area (Å²) >= 11 is 0. The normalized spacial score (nSPS) is 12.7. The average Bonchev–Trinajstić information content (AvgIpc) is 2.62. The lowest BCUT2D eigenvalue weighted by atomic mass is 10.1. The lowest BCUT2D eigenvalue weighted by Crippen LogP contribution is -2.38. The number of nitrogens with one attached hydrogen (secondary N) is 3. The topological polar surface area (TPSA) is 82.6 Å². The largest absolute Gasteiger partial charge is 0.357 e. The summed E-state index contributed by atoms with van der Waals surface area (Å²) in [6, 6.07) is 12.1. The quantitative estimate of drug-likeness (QED) is 0.286. The summed E-state index contributed by atoms with van der Waals surface area (Å²) in [6.07, 6.45) is 1.11. The molecule has 1 atom stereocenters. The van der Waals surface area contributed by atoms with Gasteiger partial charge in [0, 0.05) is 6.54 Å². The van der Waals surface area contributed by atoms with Crippen molar-refractivity contribution < 1.29 is 12.8 Å². The molecule has 9 heteroatoms. The molecule has 6 nitrogen and oxygen atoms in total. The summed E-state index contributed by atoms with van der Waals surface area (Å²) in [5.41, 5.74) is 2.66. The predicted molar refractivity (Wildman–Crippen MR) is 128 cm³/mol. The fourth-order valence-electron chi connectivity index (χ4n) is 2.61. The zero-order valence-corrected chi connectivity index (χ0v) is 20.1. The first-order chi connectivity index (χ1) is 13.2. The molecule has 160 valence electrons. The van der Waals surface area contributed by atoms with Crippen molar-refractivity contribution in [2.75, 3.05) is 17.5 Å². The van der Waals surface area contributed by atoms with Gasteiger partial charge in [0.1, 0.15) is 5.82 Å². The van der Waals surface area contributed by atoms with Crippen molar-refractivity contribution in [3.8, 4) is 0 Å². The van der Waals surface area contributed by atoms with Gasteiger partial charge in [-0.1, -0.05) is 30.3 Å². The Morgan fingerprint density at radius 2 is 1.90 bits per heavy atom. The highest BCUT2D eigenvalue weighted by Gasteiger charge is 2.11. The molecular weight excluding hydrogens is 506 g/mol. The van der Waals surface area contributed by atoms with Gasteiger partial charge in [0.2, 0.25) is 10.0 Å². The minimum Gasteiger partial charge on any atom is -0.357 e. The molecule has 2 aromatic rings. The number of sulfonamides is 1. The zero-order valence-electron chi connectivity index (χ0n) is 17.0. The maximum absolute atomic E-state index is 13.8. The van der Waals surface area contributed by atoms with Crippen LogP contribution in [0.25, 0.3) is 0 Å². The van der Waals surface area contributed by atoms with Crippen molar-refractivity contribution in [3.63, 3.8) is 0 Å². The second-order valence-electron chi connectivity index (χ2n) is 6.60. The Bertz CT molecular complexity index is 951. The van der Waals surface area contributed by atoms with Gasteiger partial charge in [-0.15, -0.1) is 24.0 Å². The Balaban J connectivity index is 0.00000420. The van der Waals surface area contributed by atoms with Crippen LogP contribution in [0, 0.1) is 12.7 Å². The first kappa shape index (κ1) is 25.2. The number of para-hydroxylation sites is 1. The van der Waals surface area contributed by atoms with Crippen LogP contribution in [0.5, 0.6) is 0 Å². The average molecular weight is 534 g/mol. The van der Waals surface area contributed by atoms with Gasteiger partial charge in [0.05, 0.1) is 24.5 Å². The van der Waals surface area contributed by atoms with Crippen LogP contribution in [0.3, 0.4) is 0 Å². The molecule has 0 saturated heterocycles. The van der Waals surface area contributed by atoms with E-state index in [1.54, 1.807) is 25.1 Å². The van der Waals surface area contributed by atoms with Crippen LogP contribution < -0.4 is 15.4 Å². The van der Waals surface area contributed by atoms with E-state index in [4.69, 9.17) is 0 Å². The standard InChI is InChI=1S/C20H27FN4O2S.HI/c1-5-22-20(24-15(3)16-11-10-14(2)18(21)12-16)23-13-17-8-6-7-9-19(17)25-28(4,26)27;/h6-12,15,25H,5,13H2,1-4H3,(H2,22,23,24);1H. The molecule has 0 aliphatic heterocycles. The number of nitrogens with zero attached hydrogens (tertiary/aromatic N) is 1. The number of anilines is 1. The Morgan fingerprint density at radius 3 is 2.52 bits per heavy atom. The molecule has 3 N–H and O–H groups in total. The van der Waals surface area contributed by atoms with Crippen LogP contribution in [0.15, 0.2) is 47.5 Å². The fourth-order valence-corrected chi connectivity index (χ4v) is 3.21. The molecule has 0 radical (unpaired) electrons. The van der Waals surface area contributed by atoms with Gasteiger partial charge < -0.3 is 10.6 Å². The van der Waals surface area contributed by atoms with Gasteiger partial charge in [-0.3, -0.25) is 4.72 Å². The molecule has 1 unspecified atom stereocenters. The first-order valence-electron chi connectivity index (χ1n) is 9.06. The Morgan fingerprint density at radius 1 is 1.21 bits per heavy atom. The van der Waals surface area contributed by atoms with Gasteiger partial charge in [-0.25, -0.2) is 17.8 Å². The van der Waals surface area contributed by atoms with E-state index in [1.165, 1.54) is 6.07 Å². The smallest absolute Gasteiger partial charge is 0.229 e. The lowest BCUT2D eigenvalue weighted by molar-refractivity contribution is 0.606. The van der Waals surface area contributed by atoms with Gasteiger partial charge >= 0.3 is 0 Å². The third kappa shape index (κ3) is 8.17. The molecule has 0 aromatic heterocycles. The Hall–Kier alpha value is -1.88. The van der Waals surface area contributed by atoms with E-state index >= 15 is 0 Å². The second-order valence-corrected chi connectivity index (χ2v) is 8.35. The summed E-state index contributed by atoms with van der Waals surface area (Å²) in [4.78, 5) is 4.55. The SMILES string of the molecule is CCNC(=NCc1ccccc1NS(C)(=O)=O)NC(C)c1ccc(C)c(F)c1.I. The van der Waals surface area contributed by atoms with E-state index in [2.05, 4.69) is 20.3 Å². The van der Waals surface area contributed by atoms with Crippen molar-refractivity contribution in [1.29, 1.82) is 0 Å². The van der Waals surface area contributed by atoms with Gasteiger partial charge in [0.15, 0.2) is 5.96 Å². The number of halogens is 2. The highest BCUT2D eigenvalue weighted by molar-refractivity contribution is 14.0. The minimum atomic E-state index is -3.38. The van der Waals surface area contributed by atoms with Crippen LogP contribution in [0.2, 0.25) is 0 Å². The van der Waals surface area contributed by atoms with Crippen molar-refractivity contribution in [1.82, 2.24) is 10.6 Å². The van der Waals surface area contributed by atoms with E-state index in [-0.39, 0.29) is 42.4 Å². The Labute approximate surface area is 189 Å². The van der Waals surface area contributed by atoms with Crippen molar-refractivity contribution in [3.05, 3.63) is 65.0 Å². The summed E-state index contributed by atoms with van der Waals surface area (Å²) < 4.78 is 39.4. The monoisotopic (exact) mass is 534 g/mol. The number of hydrogen-bond donors (Lipinski definition) is 3. The second kappa shape index (κ2) is 11.3. The summed E-state index contributed by atoms with van der Waals surface area (Å²) in [5.74, 6) is 0.319. The van der Waals surface area contributed by atoms with E-state index in [9.17, 15) is 12.8 Å². The molecule has 2 aromatic carbocycles. The van der Waals surface area contributed by atoms with Gasteiger partial charge in [-0.2, -0.15) is 0 Å². The van der Waals surface area contributed by atoms with E-state index in [1.807, 2.05) is 32.0 Å². The highest BCUT2D eigenvalue weighted by atomic mass is 127. The van der Waals surface area contributed by atoms with Gasteiger partial charge in [-0.05, 0) is 49.6 Å². The molecule has 0 spiro atoms.